The molecule has 1 heterocycles. The molecule has 8 heavy (non-hydrogen) atoms. The van der Waals surface area contributed by atoms with Crippen molar-refractivity contribution in [2.45, 2.75) is 39.4 Å². The highest BCUT2D eigenvalue weighted by molar-refractivity contribution is 4.75. The Morgan fingerprint density at radius 3 is 2.12 bits per heavy atom. The van der Waals surface area contributed by atoms with E-state index in [9.17, 15) is 0 Å². The highest BCUT2D eigenvalue weighted by atomic mass is 16.5. The summed E-state index contributed by atoms with van der Waals surface area (Å²) >= 11 is 0. The molecule has 1 fully saturated rings. The zero-order valence-electron chi connectivity index (χ0n) is 5.85. The average molecular weight is 114 g/mol. The van der Waals surface area contributed by atoms with Crippen LogP contribution in [0.25, 0.3) is 0 Å². The molecule has 1 aliphatic heterocycles. The summed E-state index contributed by atoms with van der Waals surface area (Å²) in [4.78, 5) is 0. The minimum absolute atomic E-state index is 0.530. The maximum atomic E-state index is 5.40. The first-order chi connectivity index (χ1) is 3.70. The minimum Gasteiger partial charge on any atom is -0.375 e. The lowest BCUT2D eigenvalue weighted by atomic mass is 9.96. The lowest BCUT2D eigenvalue weighted by molar-refractivity contribution is -0.134. The van der Waals surface area contributed by atoms with Gasteiger partial charge >= 0.3 is 0 Å². The normalized spacial score (nSPS) is 37.5. The maximum Gasteiger partial charge on any atom is 0.0626 e. The predicted octanol–water partition coefficient (Wildman–Crippen LogP) is 1.82. The Morgan fingerprint density at radius 2 is 2.00 bits per heavy atom. The second-order valence-electron chi connectivity index (χ2n) is 2.96. The van der Waals surface area contributed by atoms with Crippen molar-refractivity contribution in [1.82, 2.24) is 0 Å². The fourth-order valence-electron chi connectivity index (χ4n) is 1.04. The van der Waals surface area contributed by atoms with Gasteiger partial charge < -0.3 is 4.74 Å². The van der Waals surface area contributed by atoms with Crippen LogP contribution < -0.4 is 0 Å². The Balaban J connectivity index is 2.15. The first kappa shape index (κ1) is 6.09. The number of ether oxygens (including phenoxy) is 1. The number of rotatable bonds is 1. The highest BCUT2D eigenvalue weighted by Crippen LogP contribution is 2.25. The quantitative estimate of drug-likeness (QED) is 0.505. The van der Waals surface area contributed by atoms with Crippen LogP contribution >= 0.6 is 0 Å². The van der Waals surface area contributed by atoms with Crippen LogP contribution in [0.15, 0.2) is 0 Å². The van der Waals surface area contributed by atoms with Gasteiger partial charge in [0.15, 0.2) is 0 Å². The van der Waals surface area contributed by atoms with Crippen LogP contribution in [0.3, 0.4) is 0 Å². The highest BCUT2D eigenvalue weighted by Gasteiger charge is 2.28. The standard InChI is InChI=1S/C7H14O/c1-5(2)7-4-6(3)8-7/h5-7H,4H2,1-3H3. The Labute approximate surface area is 51.0 Å². The summed E-state index contributed by atoms with van der Waals surface area (Å²) in [6.07, 6.45) is 2.35. The predicted molar refractivity (Wildman–Crippen MR) is 33.8 cm³/mol. The van der Waals surface area contributed by atoms with Gasteiger partial charge in [-0.15, -0.1) is 0 Å². The Bertz CT molecular complexity index is 72.5. The van der Waals surface area contributed by atoms with Crippen LogP contribution in [-0.2, 0) is 4.74 Å². The molecule has 48 valence electrons. The molecule has 1 heteroatoms. The van der Waals surface area contributed by atoms with Crippen molar-refractivity contribution >= 4 is 0 Å². The first-order valence-corrected chi connectivity index (χ1v) is 3.35. The van der Waals surface area contributed by atoms with Gasteiger partial charge in [0, 0.05) is 0 Å². The van der Waals surface area contributed by atoms with E-state index < -0.39 is 0 Å². The van der Waals surface area contributed by atoms with Crippen molar-refractivity contribution in [1.29, 1.82) is 0 Å². The molecular weight excluding hydrogens is 100 g/mol. The van der Waals surface area contributed by atoms with Crippen molar-refractivity contribution in [2.24, 2.45) is 5.92 Å². The van der Waals surface area contributed by atoms with Crippen LogP contribution in [-0.4, -0.2) is 12.2 Å². The van der Waals surface area contributed by atoms with Crippen LogP contribution in [0.4, 0.5) is 0 Å². The summed E-state index contributed by atoms with van der Waals surface area (Å²) < 4.78 is 5.40. The lowest BCUT2D eigenvalue weighted by Gasteiger charge is -2.36. The molecule has 0 bridgehead atoms. The second kappa shape index (κ2) is 2.06. The Kier molecular flexibility index (Phi) is 1.57. The van der Waals surface area contributed by atoms with Gasteiger partial charge in [0.1, 0.15) is 0 Å². The molecule has 1 nitrogen and oxygen atoms in total. The fourth-order valence-corrected chi connectivity index (χ4v) is 1.04. The molecule has 0 N–H and O–H groups in total. The zero-order chi connectivity index (χ0) is 6.15. The molecular formula is C7H14O. The third kappa shape index (κ3) is 1.03. The van der Waals surface area contributed by atoms with Crippen molar-refractivity contribution < 1.29 is 4.74 Å². The minimum atomic E-state index is 0.530. The van der Waals surface area contributed by atoms with Crippen LogP contribution in [0.5, 0.6) is 0 Å². The van der Waals surface area contributed by atoms with Crippen molar-refractivity contribution in [2.75, 3.05) is 0 Å². The fraction of sp³-hybridized carbons (Fsp3) is 1.00. The second-order valence-corrected chi connectivity index (χ2v) is 2.96. The van der Waals surface area contributed by atoms with E-state index in [1.54, 1.807) is 0 Å². The summed E-state index contributed by atoms with van der Waals surface area (Å²) in [7, 11) is 0. The molecule has 0 aromatic rings. The molecule has 0 spiro atoms. The number of hydrogen-bond acceptors (Lipinski definition) is 1. The van der Waals surface area contributed by atoms with Gasteiger partial charge in [0.05, 0.1) is 12.2 Å². The van der Waals surface area contributed by atoms with Gasteiger partial charge in [-0.1, -0.05) is 13.8 Å². The van der Waals surface area contributed by atoms with Gasteiger partial charge in [0.2, 0.25) is 0 Å². The van der Waals surface area contributed by atoms with E-state index in [2.05, 4.69) is 20.8 Å². The van der Waals surface area contributed by atoms with Gasteiger partial charge in [-0.3, -0.25) is 0 Å². The van der Waals surface area contributed by atoms with Crippen LogP contribution in [0, 0.1) is 5.92 Å². The van der Waals surface area contributed by atoms with E-state index in [1.807, 2.05) is 0 Å². The first-order valence-electron chi connectivity index (χ1n) is 3.35. The third-order valence-electron chi connectivity index (χ3n) is 1.71. The molecule has 0 aromatic heterocycles. The van der Waals surface area contributed by atoms with Gasteiger partial charge in [-0.25, -0.2) is 0 Å². The van der Waals surface area contributed by atoms with E-state index in [0.29, 0.717) is 18.1 Å². The van der Waals surface area contributed by atoms with Gasteiger partial charge in [-0.2, -0.15) is 0 Å². The molecule has 0 saturated carbocycles. The van der Waals surface area contributed by atoms with E-state index in [1.165, 1.54) is 6.42 Å². The molecule has 2 atom stereocenters. The van der Waals surface area contributed by atoms with Crippen molar-refractivity contribution in [3.8, 4) is 0 Å². The van der Waals surface area contributed by atoms with Crippen LogP contribution in [0.2, 0.25) is 0 Å². The zero-order valence-corrected chi connectivity index (χ0v) is 5.85. The largest absolute Gasteiger partial charge is 0.375 e. The van der Waals surface area contributed by atoms with Crippen LogP contribution in [0.1, 0.15) is 27.2 Å². The summed E-state index contributed by atoms with van der Waals surface area (Å²) in [5.41, 5.74) is 0. The molecule has 0 radical (unpaired) electrons. The third-order valence-corrected chi connectivity index (χ3v) is 1.71. The number of hydrogen-bond donors (Lipinski definition) is 0. The SMILES string of the molecule is CC1CC(C(C)C)O1. The monoisotopic (exact) mass is 114 g/mol. The molecule has 0 aromatic carbocycles. The molecule has 1 aliphatic rings. The topological polar surface area (TPSA) is 9.23 Å². The Hall–Kier alpha value is -0.0400. The summed E-state index contributed by atoms with van der Waals surface area (Å²) in [5, 5.41) is 0. The Morgan fingerprint density at radius 1 is 1.50 bits per heavy atom. The lowest BCUT2D eigenvalue weighted by Crippen LogP contribution is -2.38. The summed E-state index contributed by atoms with van der Waals surface area (Å²) in [5.74, 6) is 0.714. The van der Waals surface area contributed by atoms with Gasteiger partial charge in [-0.05, 0) is 19.3 Å². The van der Waals surface area contributed by atoms with E-state index in [0.717, 1.165) is 0 Å². The molecule has 1 rings (SSSR count). The van der Waals surface area contributed by atoms with E-state index in [-0.39, 0.29) is 0 Å². The summed E-state index contributed by atoms with van der Waals surface area (Å²) in [6, 6.07) is 0. The smallest absolute Gasteiger partial charge is 0.0626 e. The molecule has 0 aliphatic carbocycles. The van der Waals surface area contributed by atoms with Crippen molar-refractivity contribution in [3.05, 3.63) is 0 Å². The average Bonchev–Trinajstić information content (AvgIpc) is 1.57. The van der Waals surface area contributed by atoms with E-state index in [4.69, 9.17) is 4.74 Å². The van der Waals surface area contributed by atoms with Gasteiger partial charge in [0.25, 0.3) is 0 Å². The summed E-state index contributed by atoms with van der Waals surface area (Å²) in [6.45, 7) is 6.53. The molecule has 1 saturated heterocycles. The van der Waals surface area contributed by atoms with E-state index >= 15 is 0 Å². The van der Waals surface area contributed by atoms with Crippen molar-refractivity contribution in [3.63, 3.8) is 0 Å². The maximum absolute atomic E-state index is 5.40. The molecule has 0 amide bonds. The molecule has 2 unspecified atom stereocenters.